The van der Waals surface area contributed by atoms with Crippen LogP contribution in [0.2, 0.25) is 0 Å². The lowest BCUT2D eigenvalue weighted by Gasteiger charge is -2.52. The molecule has 0 unspecified atom stereocenters. The van der Waals surface area contributed by atoms with Gasteiger partial charge in [-0.25, -0.2) is 0 Å². The molecule has 4 aliphatic carbocycles. The monoisotopic (exact) mass is 269 g/mol. The molecule has 0 atom stereocenters. The Labute approximate surface area is 101 Å². The van der Waals surface area contributed by atoms with Gasteiger partial charge in [0.2, 0.25) is 0 Å². The van der Waals surface area contributed by atoms with Crippen LogP contribution in [0, 0.1) is 23.7 Å². The summed E-state index contributed by atoms with van der Waals surface area (Å²) in [4.78, 5) is 0. The largest absolute Gasteiger partial charge is 0.315 e. The molecule has 0 aromatic heterocycles. The van der Waals surface area contributed by atoms with Gasteiger partial charge in [0.1, 0.15) is 0 Å². The number of halogens is 1. The predicted molar refractivity (Wildman–Crippen MR) is 66.9 cm³/mol. The van der Waals surface area contributed by atoms with Crippen LogP contribution in [0.25, 0.3) is 0 Å². The van der Waals surface area contributed by atoms with Crippen molar-refractivity contribution < 1.29 is 0 Å². The Hall–Kier alpha value is 0.180. The smallest absolute Gasteiger partial charge is 0.0268 e. The van der Waals surface area contributed by atoms with Crippen LogP contribution in [-0.4, -0.2) is 13.6 Å². The maximum absolute atomic E-state index is 3.81. The maximum Gasteiger partial charge on any atom is 0.0268 e. The van der Waals surface area contributed by atoms with Gasteiger partial charge in [0, 0.05) is 11.0 Å². The minimum atomic E-state index is 0.934. The van der Waals surface area contributed by atoms with Crippen molar-refractivity contribution in [2.24, 2.45) is 23.7 Å². The van der Waals surface area contributed by atoms with Crippen molar-refractivity contribution in [1.29, 1.82) is 0 Å². The Kier molecular flexibility index (Phi) is 2.68. The van der Waals surface area contributed by atoms with E-state index >= 15 is 0 Å². The molecule has 0 amide bonds. The molecular formula is C13H20BrN. The summed E-state index contributed by atoms with van der Waals surface area (Å²) in [6, 6.07) is 0. The fourth-order valence-electron chi connectivity index (χ4n) is 4.39. The molecular weight excluding hydrogens is 250 g/mol. The standard InChI is InChI=1S/C13H20BrN/c1-15-7-12(14)13-10-3-8-2-9(5-10)6-11(13)4-8/h8-11,15H,2-7H2,1H3. The summed E-state index contributed by atoms with van der Waals surface area (Å²) in [6.45, 7) is 1.03. The Morgan fingerprint density at radius 3 is 2.13 bits per heavy atom. The first-order valence-electron chi connectivity index (χ1n) is 6.31. The van der Waals surface area contributed by atoms with Gasteiger partial charge in [-0.05, 0) is 62.8 Å². The lowest BCUT2D eigenvalue weighted by molar-refractivity contribution is 0.0691. The van der Waals surface area contributed by atoms with Gasteiger partial charge in [0.05, 0.1) is 0 Å². The van der Waals surface area contributed by atoms with E-state index in [9.17, 15) is 0 Å². The number of hydrogen-bond donors (Lipinski definition) is 1. The SMILES string of the molecule is CNCC(Br)=C1C2CC3CC(C2)CC1C3. The van der Waals surface area contributed by atoms with Crippen molar-refractivity contribution in [1.82, 2.24) is 5.32 Å². The molecule has 1 nitrogen and oxygen atoms in total. The van der Waals surface area contributed by atoms with Crippen LogP contribution in [0.3, 0.4) is 0 Å². The van der Waals surface area contributed by atoms with Crippen LogP contribution in [0.1, 0.15) is 32.1 Å². The predicted octanol–water partition coefficient (Wildman–Crippen LogP) is 3.31. The second kappa shape index (κ2) is 3.89. The summed E-state index contributed by atoms with van der Waals surface area (Å²) >= 11 is 3.81. The molecule has 4 bridgehead atoms. The zero-order chi connectivity index (χ0) is 10.4. The first-order chi connectivity index (χ1) is 7.28. The van der Waals surface area contributed by atoms with Crippen molar-refractivity contribution in [3.63, 3.8) is 0 Å². The molecule has 15 heavy (non-hydrogen) atoms. The van der Waals surface area contributed by atoms with Gasteiger partial charge in [0.15, 0.2) is 0 Å². The zero-order valence-electron chi connectivity index (χ0n) is 9.43. The van der Waals surface area contributed by atoms with E-state index in [2.05, 4.69) is 21.2 Å². The molecule has 2 heteroatoms. The Morgan fingerprint density at radius 1 is 1.13 bits per heavy atom. The number of allylic oxidation sites excluding steroid dienone is 1. The van der Waals surface area contributed by atoms with Gasteiger partial charge in [-0.3, -0.25) is 0 Å². The topological polar surface area (TPSA) is 12.0 Å². The normalized spacial score (nSPS) is 42.4. The number of hydrogen-bond acceptors (Lipinski definition) is 1. The number of rotatable bonds is 2. The van der Waals surface area contributed by atoms with Gasteiger partial charge in [-0.15, -0.1) is 0 Å². The van der Waals surface area contributed by atoms with Crippen LogP contribution in [-0.2, 0) is 0 Å². The summed E-state index contributed by atoms with van der Waals surface area (Å²) in [7, 11) is 2.04. The highest BCUT2D eigenvalue weighted by Gasteiger charge is 2.45. The highest BCUT2D eigenvalue weighted by atomic mass is 79.9. The lowest BCUT2D eigenvalue weighted by Crippen LogP contribution is -2.41. The zero-order valence-corrected chi connectivity index (χ0v) is 11.0. The lowest BCUT2D eigenvalue weighted by atomic mass is 9.54. The fourth-order valence-corrected chi connectivity index (χ4v) is 5.32. The molecule has 0 aromatic carbocycles. The molecule has 4 saturated carbocycles. The molecule has 0 aliphatic heterocycles. The highest BCUT2D eigenvalue weighted by Crippen LogP contribution is 2.57. The molecule has 4 fully saturated rings. The summed E-state index contributed by atoms with van der Waals surface area (Å²) in [5.74, 6) is 4.02. The van der Waals surface area contributed by atoms with Crippen molar-refractivity contribution in [2.75, 3.05) is 13.6 Å². The summed E-state index contributed by atoms with van der Waals surface area (Å²) in [5.41, 5.74) is 1.79. The van der Waals surface area contributed by atoms with E-state index in [1.165, 1.54) is 30.2 Å². The number of nitrogens with one attached hydrogen (secondary N) is 1. The summed E-state index contributed by atoms with van der Waals surface area (Å²) in [6.07, 6.45) is 7.49. The van der Waals surface area contributed by atoms with E-state index in [-0.39, 0.29) is 0 Å². The molecule has 0 radical (unpaired) electrons. The van der Waals surface area contributed by atoms with Crippen molar-refractivity contribution in [3.05, 3.63) is 10.1 Å². The molecule has 0 spiro atoms. The molecule has 4 rings (SSSR count). The van der Waals surface area contributed by atoms with E-state index in [1.807, 2.05) is 7.05 Å². The van der Waals surface area contributed by atoms with Gasteiger partial charge in [0.25, 0.3) is 0 Å². The van der Waals surface area contributed by atoms with Gasteiger partial charge in [-0.2, -0.15) is 0 Å². The molecule has 0 heterocycles. The van der Waals surface area contributed by atoms with Gasteiger partial charge < -0.3 is 5.32 Å². The quantitative estimate of drug-likeness (QED) is 0.811. The van der Waals surface area contributed by atoms with E-state index < -0.39 is 0 Å². The van der Waals surface area contributed by atoms with Crippen molar-refractivity contribution in [2.45, 2.75) is 32.1 Å². The third-order valence-corrected chi connectivity index (χ3v) is 5.40. The first-order valence-corrected chi connectivity index (χ1v) is 7.10. The van der Waals surface area contributed by atoms with Crippen molar-refractivity contribution in [3.8, 4) is 0 Å². The summed E-state index contributed by atoms with van der Waals surface area (Å²) in [5, 5.41) is 3.27. The second-order valence-electron chi connectivity index (χ2n) is 5.69. The van der Waals surface area contributed by atoms with Crippen LogP contribution in [0.5, 0.6) is 0 Å². The van der Waals surface area contributed by atoms with E-state index in [0.29, 0.717) is 0 Å². The number of likely N-dealkylation sites (N-methyl/N-ethyl adjacent to an activating group) is 1. The average molecular weight is 270 g/mol. The third-order valence-electron chi connectivity index (χ3n) is 4.66. The van der Waals surface area contributed by atoms with Crippen LogP contribution in [0.15, 0.2) is 10.1 Å². The second-order valence-corrected chi connectivity index (χ2v) is 6.65. The van der Waals surface area contributed by atoms with Crippen LogP contribution in [0.4, 0.5) is 0 Å². The molecule has 84 valence electrons. The van der Waals surface area contributed by atoms with Crippen LogP contribution >= 0.6 is 15.9 Å². The molecule has 4 aliphatic rings. The van der Waals surface area contributed by atoms with Crippen molar-refractivity contribution >= 4 is 15.9 Å². The Morgan fingerprint density at radius 2 is 1.67 bits per heavy atom. The van der Waals surface area contributed by atoms with Gasteiger partial charge >= 0.3 is 0 Å². The first kappa shape index (κ1) is 10.3. The molecule has 0 aromatic rings. The van der Waals surface area contributed by atoms with E-state index in [1.54, 1.807) is 12.0 Å². The van der Waals surface area contributed by atoms with E-state index in [4.69, 9.17) is 0 Å². The van der Waals surface area contributed by atoms with Crippen LogP contribution < -0.4 is 5.32 Å². The Bertz CT molecular complexity index is 265. The Balaban J connectivity index is 1.88. The molecule has 0 saturated heterocycles. The third kappa shape index (κ3) is 1.70. The minimum Gasteiger partial charge on any atom is -0.315 e. The van der Waals surface area contributed by atoms with E-state index in [0.717, 1.165) is 30.2 Å². The van der Waals surface area contributed by atoms with Gasteiger partial charge in [-0.1, -0.05) is 21.5 Å². The fraction of sp³-hybridized carbons (Fsp3) is 0.846. The minimum absolute atomic E-state index is 0.934. The maximum atomic E-state index is 3.81. The molecule has 1 N–H and O–H groups in total. The summed E-state index contributed by atoms with van der Waals surface area (Å²) < 4.78 is 1.47. The highest BCUT2D eigenvalue weighted by molar-refractivity contribution is 9.11. The average Bonchev–Trinajstić information content (AvgIpc) is 2.15.